The van der Waals surface area contributed by atoms with Crippen molar-refractivity contribution in [2.75, 3.05) is 0 Å². The quantitative estimate of drug-likeness (QED) is 0.845. The third-order valence-corrected chi connectivity index (χ3v) is 5.37. The summed E-state index contributed by atoms with van der Waals surface area (Å²) in [5.74, 6) is 0.267. The van der Waals surface area contributed by atoms with E-state index in [1.807, 2.05) is 34.6 Å². The molecule has 1 aliphatic rings. The van der Waals surface area contributed by atoms with Gasteiger partial charge in [-0.15, -0.1) is 11.8 Å². The summed E-state index contributed by atoms with van der Waals surface area (Å²) in [7, 11) is 0. The molecule has 0 fully saturated rings. The molecule has 0 bridgehead atoms. The van der Waals surface area contributed by atoms with Gasteiger partial charge in [-0.25, -0.2) is 0 Å². The van der Waals surface area contributed by atoms with Crippen LogP contribution in [0.15, 0.2) is 4.90 Å². The van der Waals surface area contributed by atoms with Gasteiger partial charge in [-0.3, -0.25) is 4.79 Å². The van der Waals surface area contributed by atoms with Gasteiger partial charge in [-0.2, -0.15) is 0 Å². The van der Waals surface area contributed by atoms with Crippen LogP contribution in [0.25, 0.3) is 0 Å². The van der Waals surface area contributed by atoms with E-state index in [-0.39, 0.29) is 17.3 Å². The molecular formula is C16H22O3S. The second-order valence-corrected chi connectivity index (χ2v) is 6.88. The highest BCUT2D eigenvalue weighted by atomic mass is 32.2. The van der Waals surface area contributed by atoms with E-state index >= 15 is 0 Å². The second kappa shape index (κ2) is 5.68. The van der Waals surface area contributed by atoms with Gasteiger partial charge in [0, 0.05) is 4.90 Å². The van der Waals surface area contributed by atoms with Crippen LogP contribution in [-0.4, -0.2) is 22.4 Å². The molecule has 0 aliphatic carbocycles. The van der Waals surface area contributed by atoms with E-state index in [0.29, 0.717) is 5.75 Å². The van der Waals surface area contributed by atoms with Crippen LogP contribution in [0.2, 0.25) is 0 Å². The molecule has 1 aliphatic heterocycles. The van der Waals surface area contributed by atoms with E-state index in [1.165, 1.54) is 5.56 Å². The zero-order valence-electron chi connectivity index (χ0n) is 12.7. The Kier molecular flexibility index (Phi) is 4.33. The molecule has 0 radical (unpaired) electrons. The molecule has 20 heavy (non-hydrogen) atoms. The van der Waals surface area contributed by atoms with Crippen molar-refractivity contribution in [1.29, 1.82) is 0 Å². The van der Waals surface area contributed by atoms with Gasteiger partial charge in [0.2, 0.25) is 0 Å². The number of hydrogen-bond donors (Lipinski definition) is 1. The van der Waals surface area contributed by atoms with E-state index in [0.717, 1.165) is 34.4 Å². The SMILES string of the molecule is Cc1c(C)c2c(c(C)c1O)CCC(C(=O)OC(C)C)S2. The Hall–Kier alpha value is -1.16. The van der Waals surface area contributed by atoms with Crippen LogP contribution in [0.4, 0.5) is 0 Å². The standard InChI is InChI=1S/C16H22O3S/c1-8(2)19-16(18)13-7-6-12-11(5)14(17)9(3)10(4)15(12)20-13/h8,13,17H,6-7H2,1-5H3. The van der Waals surface area contributed by atoms with Crippen LogP contribution < -0.4 is 0 Å². The fourth-order valence-electron chi connectivity index (χ4n) is 2.58. The van der Waals surface area contributed by atoms with Crippen molar-refractivity contribution >= 4 is 17.7 Å². The third kappa shape index (κ3) is 2.66. The van der Waals surface area contributed by atoms with Gasteiger partial charge < -0.3 is 9.84 Å². The Morgan fingerprint density at radius 2 is 1.90 bits per heavy atom. The fraction of sp³-hybridized carbons (Fsp3) is 0.562. The van der Waals surface area contributed by atoms with Crippen molar-refractivity contribution in [1.82, 2.24) is 0 Å². The van der Waals surface area contributed by atoms with E-state index < -0.39 is 0 Å². The van der Waals surface area contributed by atoms with Crippen molar-refractivity contribution < 1.29 is 14.6 Å². The Morgan fingerprint density at radius 3 is 2.50 bits per heavy atom. The lowest BCUT2D eigenvalue weighted by Gasteiger charge is -2.27. The summed E-state index contributed by atoms with van der Waals surface area (Å²) in [6.45, 7) is 9.63. The Labute approximate surface area is 124 Å². The molecule has 2 rings (SSSR count). The lowest BCUT2D eigenvalue weighted by atomic mass is 9.95. The first-order valence-electron chi connectivity index (χ1n) is 7.01. The molecule has 1 aromatic carbocycles. The summed E-state index contributed by atoms with van der Waals surface area (Å²) >= 11 is 1.59. The normalized spacial score (nSPS) is 18.0. The molecule has 1 N–H and O–H groups in total. The molecule has 1 heterocycles. The second-order valence-electron chi connectivity index (χ2n) is 5.66. The predicted molar refractivity (Wildman–Crippen MR) is 81.5 cm³/mol. The summed E-state index contributed by atoms with van der Waals surface area (Å²) in [5, 5.41) is 10.0. The number of esters is 1. The summed E-state index contributed by atoms with van der Waals surface area (Å²) in [6, 6.07) is 0. The number of thioether (sulfide) groups is 1. The van der Waals surface area contributed by atoms with Crippen molar-refractivity contribution in [2.24, 2.45) is 0 Å². The predicted octanol–water partition coefficient (Wildman–Crippen LogP) is 3.68. The number of fused-ring (bicyclic) bond motifs is 1. The molecule has 0 amide bonds. The summed E-state index contributed by atoms with van der Waals surface area (Å²) in [6.07, 6.45) is 1.51. The Bertz CT molecular complexity index is 549. The van der Waals surface area contributed by atoms with Crippen molar-refractivity contribution in [3.05, 3.63) is 22.3 Å². The zero-order valence-corrected chi connectivity index (χ0v) is 13.6. The zero-order chi connectivity index (χ0) is 15.0. The maximum Gasteiger partial charge on any atom is 0.319 e. The third-order valence-electron chi connectivity index (χ3n) is 3.87. The lowest BCUT2D eigenvalue weighted by Crippen LogP contribution is -2.26. The molecule has 0 aromatic heterocycles. The van der Waals surface area contributed by atoms with Crippen LogP contribution in [0, 0.1) is 20.8 Å². The number of benzene rings is 1. The highest BCUT2D eigenvalue weighted by molar-refractivity contribution is 8.00. The first-order chi connectivity index (χ1) is 9.32. The highest BCUT2D eigenvalue weighted by Crippen LogP contribution is 2.44. The molecule has 0 saturated carbocycles. The van der Waals surface area contributed by atoms with E-state index in [4.69, 9.17) is 4.74 Å². The molecule has 1 atom stereocenters. The van der Waals surface area contributed by atoms with Gasteiger partial charge in [-0.1, -0.05) is 0 Å². The summed E-state index contributed by atoms with van der Waals surface area (Å²) in [5.41, 5.74) is 4.12. The summed E-state index contributed by atoms with van der Waals surface area (Å²) in [4.78, 5) is 13.2. The van der Waals surface area contributed by atoms with Gasteiger partial charge in [0.1, 0.15) is 11.0 Å². The maximum atomic E-state index is 12.1. The van der Waals surface area contributed by atoms with Gasteiger partial charge in [0.25, 0.3) is 0 Å². The van der Waals surface area contributed by atoms with E-state index in [2.05, 4.69) is 0 Å². The average Bonchev–Trinajstić information content (AvgIpc) is 2.41. The minimum atomic E-state index is -0.132. The minimum absolute atomic E-state index is 0.0751. The summed E-state index contributed by atoms with van der Waals surface area (Å²) < 4.78 is 5.32. The molecule has 110 valence electrons. The Balaban J connectivity index is 2.33. The van der Waals surface area contributed by atoms with Crippen LogP contribution in [-0.2, 0) is 16.0 Å². The lowest BCUT2D eigenvalue weighted by molar-refractivity contribution is -0.146. The van der Waals surface area contributed by atoms with Crippen molar-refractivity contribution in [3.63, 3.8) is 0 Å². The van der Waals surface area contributed by atoms with Gasteiger partial charge in [0.05, 0.1) is 6.10 Å². The number of phenolic OH excluding ortho intramolecular Hbond substituents is 1. The Morgan fingerprint density at radius 1 is 1.25 bits per heavy atom. The van der Waals surface area contributed by atoms with Crippen molar-refractivity contribution in [2.45, 2.75) is 63.7 Å². The van der Waals surface area contributed by atoms with Crippen LogP contribution in [0.5, 0.6) is 5.75 Å². The molecule has 1 unspecified atom stereocenters. The first kappa shape index (κ1) is 15.2. The van der Waals surface area contributed by atoms with Crippen molar-refractivity contribution in [3.8, 4) is 5.75 Å². The van der Waals surface area contributed by atoms with Gasteiger partial charge in [-0.05, 0) is 69.7 Å². The van der Waals surface area contributed by atoms with Gasteiger partial charge >= 0.3 is 5.97 Å². The van der Waals surface area contributed by atoms with Gasteiger partial charge in [0.15, 0.2) is 0 Å². The maximum absolute atomic E-state index is 12.1. The minimum Gasteiger partial charge on any atom is -0.507 e. The fourth-order valence-corrected chi connectivity index (χ4v) is 3.98. The highest BCUT2D eigenvalue weighted by Gasteiger charge is 2.30. The number of hydrogen-bond acceptors (Lipinski definition) is 4. The number of aromatic hydroxyl groups is 1. The van der Waals surface area contributed by atoms with Crippen LogP contribution >= 0.6 is 11.8 Å². The average molecular weight is 294 g/mol. The molecular weight excluding hydrogens is 272 g/mol. The first-order valence-corrected chi connectivity index (χ1v) is 7.89. The molecule has 4 heteroatoms. The number of carbonyl (C=O) groups excluding carboxylic acids is 1. The molecule has 3 nitrogen and oxygen atoms in total. The topological polar surface area (TPSA) is 46.5 Å². The van der Waals surface area contributed by atoms with E-state index in [1.54, 1.807) is 11.8 Å². The molecule has 1 aromatic rings. The van der Waals surface area contributed by atoms with Crippen LogP contribution in [0.3, 0.4) is 0 Å². The molecule has 0 spiro atoms. The monoisotopic (exact) mass is 294 g/mol. The largest absolute Gasteiger partial charge is 0.507 e. The smallest absolute Gasteiger partial charge is 0.319 e. The number of rotatable bonds is 2. The van der Waals surface area contributed by atoms with Crippen LogP contribution in [0.1, 0.15) is 42.5 Å². The number of carbonyl (C=O) groups is 1. The number of ether oxygens (including phenoxy) is 1. The number of phenols is 1. The molecule has 0 saturated heterocycles. The van der Waals surface area contributed by atoms with E-state index in [9.17, 15) is 9.90 Å².